The van der Waals surface area contributed by atoms with E-state index in [0.29, 0.717) is 34.2 Å². The zero-order chi connectivity index (χ0) is 94.3. The first-order valence-electron chi connectivity index (χ1n) is 52.8. The van der Waals surface area contributed by atoms with E-state index in [9.17, 15) is 0 Å². The van der Waals surface area contributed by atoms with Gasteiger partial charge in [0.05, 0.1) is 12.2 Å². The molecule has 10 fully saturated rings. The van der Waals surface area contributed by atoms with Gasteiger partial charge in [0.1, 0.15) is 0 Å². The third-order valence-corrected chi connectivity index (χ3v) is 25.1. The minimum absolute atomic E-state index is 0. The Morgan fingerprint density at radius 1 is 0.289 bits per heavy atom. The zero-order valence-electron chi connectivity index (χ0n) is 91.9. The lowest BCUT2D eigenvalue weighted by Gasteiger charge is -2.49. The largest absolute Gasteiger partial charge is 0.372 e. The van der Waals surface area contributed by atoms with Crippen molar-refractivity contribution in [3.63, 3.8) is 0 Å². The van der Waals surface area contributed by atoms with Gasteiger partial charge >= 0.3 is 0 Å². The van der Waals surface area contributed by atoms with Gasteiger partial charge in [-0.05, 0) is 332 Å². The third-order valence-electron chi connectivity index (χ3n) is 25.1. The average molecular weight is 1720 g/mol. The van der Waals surface area contributed by atoms with Crippen LogP contribution < -0.4 is 0 Å². The highest BCUT2D eigenvalue weighted by Crippen LogP contribution is 2.44. The number of ether oxygens (including phenoxy) is 1. The van der Waals surface area contributed by atoms with Crippen LogP contribution in [0.2, 0.25) is 0 Å². The fraction of sp³-hybridized carbons (Fsp3) is 0.945. The van der Waals surface area contributed by atoms with E-state index in [1.54, 1.807) is 0 Å². The van der Waals surface area contributed by atoms with E-state index in [1.807, 2.05) is 158 Å². The Labute approximate surface area is 772 Å². The zero-order valence-corrected chi connectivity index (χ0v) is 91.9. The number of nitrogens with zero attached hydrogens (tertiary/aromatic N) is 10. The number of rotatable bonds is 11. The van der Waals surface area contributed by atoms with E-state index in [2.05, 4.69) is 253 Å². The monoisotopic (exact) mass is 1720 g/mol. The van der Waals surface area contributed by atoms with Crippen LogP contribution in [0, 0.1) is 28.1 Å². The van der Waals surface area contributed by atoms with Gasteiger partial charge in [0.15, 0.2) is 0 Å². The summed E-state index contributed by atoms with van der Waals surface area (Å²) in [6.07, 6.45) is 22.4. The maximum Gasteiger partial charge on any atom is 0.0833 e. The molecule has 740 valence electrons. The van der Waals surface area contributed by atoms with Crippen molar-refractivity contribution >= 4 is 0 Å². The van der Waals surface area contributed by atoms with E-state index < -0.39 is 0 Å². The van der Waals surface area contributed by atoms with Crippen molar-refractivity contribution in [1.29, 1.82) is 0 Å². The summed E-state index contributed by atoms with van der Waals surface area (Å²) >= 11 is 0. The number of likely N-dealkylation sites (tertiary alicyclic amines) is 7. The molecule has 0 aliphatic carbocycles. The third kappa shape index (κ3) is 61.1. The Morgan fingerprint density at radius 3 is 0.826 bits per heavy atom. The lowest BCUT2D eigenvalue weighted by Crippen LogP contribution is -2.58. The van der Waals surface area contributed by atoms with Gasteiger partial charge in [-0.3, -0.25) is 14.7 Å². The maximum absolute atomic E-state index is 6.15. The van der Waals surface area contributed by atoms with Gasteiger partial charge < -0.3 is 39.0 Å². The summed E-state index contributed by atoms with van der Waals surface area (Å²) in [6.45, 7) is 130. The standard InChI is InChI=1S/2C15H30N2.C14H28N2O.C14H28N2.C10H20N2.C9H12.C5H12.C4H10.11C2H6.2CH4/c1-13(2)16-9-5-15(6-10-16)7-11-17(12-8-15)14(3)4;1-13(2)16-10-7-15(8-11-16)6-5-9-17(12-15)14(3)4;1-12(2)15-7-5-14(6-8-15)11-16(13(3)4)9-10-17-14;1-12(2)15-8-5-14(6-9-15)7-10-16(11-14)13(3)4;1-9(2)12-7-6-11-5-3-4-10(11)8-12;1-8(2)9-6-4-3-5-7-9;1-4-5(2)3;1-4(2)3;11*1-2;;/h2*13-14H,5-12H2,1-4H3;12-13H,5-11H2,1-4H3;12-13H,5-11H2,1-4H3;9-10H,3-8H2,1-2H3;3-8H,1-2H3;5H,4H2,1-3H3;4H,1-3H3;11*1-2H3;2*1H4. The summed E-state index contributed by atoms with van der Waals surface area (Å²) in [5.74, 6) is 2.38. The molecule has 1 atom stereocenters. The second-order valence-corrected chi connectivity index (χ2v) is 36.7. The number of benzene rings is 1. The van der Waals surface area contributed by atoms with Gasteiger partial charge in [0.25, 0.3) is 0 Å². The lowest BCUT2D eigenvalue weighted by molar-refractivity contribution is -0.143. The molecule has 10 saturated heterocycles. The molecule has 11 rings (SSSR count). The Kier molecular flexibility index (Phi) is 101. The molecule has 1 aromatic carbocycles. The molecule has 0 aromatic heterocycles. The predicted octanol–water partition coefficient (Wildman–Crippen LogP) is 30.8. The van der Waals surface area contributed by atoms with Crippen LogP contribution in [0.4, 0.5) is 0 Å². The van der Waals surface area contributed by atoms with Gasteiger partial charge in [-0.2, -0.15) is 0 Å². The summed E-state index contributed by atoms with van der Waals surface area (Å²) in [4.78, 5) is 26.4. The number of morpholine rings is 1. The summed E-state index contributed by atoms with van der Waals surface area (Å²) in [5.41, 5.74) is 3.62. The molecular formula is C110H244N10O. The van der Waals surface area contributed by atoms with Crippen LogP contribution in [0.25, 0.3) is 0 Å². The molecule has 10 heterocycles. The van der Waals surface area contributed by atoms with Gasteiger partial charge in [0, 0.05) is 119 Å². The second kappa shape index (κ2) is 86.8. The van der Waals surface area contributed by atoms with Crippen LogP contribution in [0.15, 0.2) is 30.3 Å². The lowest BCUT2D eigenvalue weighted by atomic mass is 9.71. The fourth-order valence-electron chi connectivity index (χ4n) is 16.9. The van der Waals surface area contributed by atoms with Gasteiger partial charge in [-0.25, -0.2) is 0 Å². The normalized spacial score (nSPS) is 20.3. The number of fused-ring (bicyclic) bond motifs is 1. The second-order valence-electron chi connectivity index (χ2n) is 36.7. The molecule has 10 aliphatic rings. The molecule has 0 radical (unpaired) electrons. The molecule has 4 spiro atoms. The Morgan fingerprint density at radius 2 is 0.554 bits per heavy atom. The van der Waals surface area contributed by atoms with Gasteiger partial charge in [-0.1, -0.05) is 259 Å². The number of piperazine rings is 1. The minimum atomic E-state index is 0. The Hall–Kier alpha value is -1.22. The quantitative estimate of drug-likeness (QED) is 0.213. The average Bonchev–Trinajstić information content (AvgIpc) is 1.53. The van der Waals surface area contributed by atoms with Crippen LogP contribution in [0.3, 0.4) is 0 Å². The van der Waals surface area contributed by atoms with E-state index in [1.165, 1.54) is 226 Å². The number of hydrogen-bond acceptors (Lipinski definition) is 11. The van der Waals surface area contributed by atoms with Crippen LogP contribution >= 0.6 is 0 Å². The minimum Gasteiger partial charge on any atom is -0.372 e. The van der Waals surface area contributed by atoms with Crippen LogP contribution in [0.5, 0.6) is 0 Å². The molecule has 1 aromatic rings. The topological polar surface area (TPSA) is 41.6 Å². The number of piperidine rings is 6. The van der Waals surface area contributed by atoms with Crippen molar-refractivity contribution in [2.45, 2.75) is 522 Å². The molecule has 1 unspecified atom stereocenters. The summed E-state index contributed by atoms with van der Waals surface area (Å²) in [7, 11) is 0. The highest BCUT2D eigenvalue weighted by atomic mass is 16.5. The van der Waals surface area contributed by atoms with Gasteiger partial charge in [-0.15, -0.1) is 0 Å². The molecule has 0 N–H and O–H groups in total. The predicted molar refractivity (Wildman–Crippen MR) is 565 cm³/mol. The van der Waals surface area contributed by atoms with Crippen molar-refractivity contribution in [2.24, 2.45) is 28.1 Å². The Bertz CT molecular complexity index is 2040. The molecule has 11 nitrogen and oxygen atoms in total. The van der Waals surface area contributed by atoms with E-state index in [0.717, 1.165) is 79.9 Å². The summed E-state index contributed by atoms with van der Waals surface area (Å²) in [5, 5.41) is 0. The van der Waals surface area contributed by atoms with Gasteiger partial charge in [0.2, 0.25) is 0 Å². The maximum atomic E-state index is 6.15. The van der Waals surface area contributed by atoms with Crippen LogP contribution in [0.1, 0.15) is 461 Å². The molecule has 11 heteroatoms. The molecular weight excluding hydrogens is 1480 g/mol. The highest BCUT2D eigenvalue weighted by Gasteiger charge is 2.44. The smallest absolute Gasteiger partial charge is 0.0833 e. The van der Waals surface area contributed by atoms with Crippen molar-refractivity contribution in [1.82, 2.24) is 49.0 Å². The van der Waals surface area contributed by atoms with Crippen LogP contribution in [-0.2, 0) is 4.74 Å². The van der Waals surface area contributed by atoms with Crippen LogP contribution in [-0.4, -0.2) is 253 Å². The van der Waals surface area contributed by atoms with Crippen molar-refractivity contribution in [3.05, 3.63) is 35.9 Å². The van der Waals surface area contributed by atoms with E-state index in [4.69, 9.17) is 4.74 Å². The molecule has 0 amide bonds. The van der Waals surface area contributed by atoms with Crippen molar-refractivity contribution < 1.29 is 4.74 Å². The highest BCUT2D eigenvalue weighted by molar-refractivity contribution is 5.17. The molecule has 121 heavy (non-hydrogen) atoms. The first kappa shape index (κ1) is 140. The van der Waals surface area contributed by atoms with E-state index >= 15 is 0 Å². The molecule has 0 saturated carbocycles. The van der Waals surface area contributed by atoms with Crippen molar-refractivity contribution in [2.75, 3.05) is 138 Å². The first-order chi connectivity index (χ1) is 56.7. The molecule has 10 aliphatic heterocycles. The SMILES string of the molecule is C.C.CC.CC.CC.CC.CC.CC.CC.CC.CC.CC.CC.CC(C)C.CC(C)N1CCC2(CC1)CCN(C(C)C)C2.CC(C)N1CCC2(CC1)CCN(C(C)C)CC2.CC(C)N1CCC2(CC1)CN(C(C)C)CCO2.CC(C)N1CCC2(CCCN(C(C)C)C2)CC1.CC(C)N1CCN2CCCC2C1.CC(C)c1ccccc1.CCC(C)C. The Balaban J connectivity index is -0.000000143. The fourth-order valence-corrected chi connectivity index (χ4v) is 16.9. The molecule has 0 bridgehead atoms. The number of hydrogen-bond donors (Lipinski definition) is 0. The summed E-state index contributed by atoms with van der Waals surface area (Å²) < 4.78 is 6.15. The summed E-state index contributed by atoms with van der Waals surface area (Å²) in [6, 6.07) is 17.9. The van der Waals surface area contributed by atoms with Crippen molar-refractivity contribution in [3.8, 4) is 0 Å². The van der Waals surface area contributed by atoms with E-state index in [-0.39, 0.29) is 20.5 Å². The first-order valence-corrected chi connectivity index (χ1v) is 52.8.